The minimum Gasteiger partial charge on any atom is -0.478 e. The molecular weight excluding hydrogens is 192 g/mol. The van der Waals surface area contributed by atoms with Crippen LogP contribution in [0.2, 0.25) is 0 Å². The van der Waals surface area contributed by atoms with Crippen molar-refractivity contribution in [3.8, 4) is 0 Å². The minimum absolute atomic E-state index is 0.219. The lowest BCUT2D eigenvalue weighted by Crippen LogP contribution is -2.15. The summed E-state index contributed by atoms with van der Waals surface area (Å²) in [6.45, 7) is 9.79. The Morgan fingerprint density at radius 2 is 1.87 bits per heavy atom. The molecular formula is C11H18N2O2. The molecule has 0 spiro atoms. The number of carboxylic acid groups (broad SMARTS) is 1. The molecule has 15 heavy (non-hydrogen) atoms. The second-order valence-corrected chi connectivity index (χ2v) is 4.28. The van der Waals surface area contributed by atoms with Gasteiger partial charge < -0.3 is 5.11 Å². The number of hydrogen-bond acceptors (Lipinski definition) is 2. The van der Waals surface area contributed by atoms with Crippen molar-refractivity contribution in [2.24, 2.45) is 5.92 Å². The molecule has 1 heterocycles. The predicted octanol–water partition coefficient (Wildman–Crippen LogP) is 2.42. The van der Waals surface area contributed by atoms with Crippen LogP contribution in [0.4, 0.5) is 0 Å². The van der Waals surface area contributed by atoms with Crippen LogP contribution in [0.3, 0.4) is 0 Å². The topological polar surface area (TPSA) is 55.1 Å². The third kappa shape index (κ3) is 2.03. The highest BCUT2D eigenvalue weighted by molar-refractivity contribution is 5.90. The maximum atomic E-state index is 11.0. The number of aromatic nitrogens is 2. The van der Waals surface area contributed by atoms with Gasteiger partial charge in [-0.15, -0.1) is 0 Å². The standard InChI is InChI=1S/C11H18N2O2/c1-6(2)8(4)13-9(5)10(11(14)15)7(3)12-13/h6,8H,1-5H3,(H,14,15). The Hall–Kier alpha value is -1.32. The lowest BCUT2D eigenvalue weighted by molar-refractivity contribution is 0.0695. The van der Waals surface area contributed by atoms with E-state index in [0.29, 0.717) is 17.2 Å². The van der Waals surface area contributed by atoms with Crippen LogP contribution in [0.1, 0.15) is 48.6 Å². The van der Waals surface area contributed by atoms with Gasteiger partial charge in [-0.1, -0.05) is 13.8 Å². The Morgan fingerprint density at radius 1 is 1.33 bits per heavy atom. The summed E-state index contributed by atoms with van der Waals surface area (Å²) < 4.78 is 1.81. The summed E-state index contributed by atoms with van der Waals surface area (Å²) in [4.78, 5) is 11.0. The fourth-order valence-electron chi connectivity index (χ4n) is 1.65. The average Bonchev–Trinajstić information content (AvgIpc) is 2.40. The molecule has 1 aromatic heterocycles. The predicted molar refractivity (Wildman–Crippen MR) is 58.2 cm³/mol. The maximum Gasteiger partial charge on any atom is 0.339 e. The molecule has 4 nitrogen and oxygen atoms in total. The Kier molecular flexibility index (Phi) is 3.17. The molecule has 0 aromatic carbocycles. The van der Waals surface area contributed by atoms with Crippen LogP contribution in [0, 0.1) is 19.8 Å². The van der Waals surface area contributed by atoms with Crippen molar-refractivity contribution in [2.45, 2.75) is 40.7 Å². The van der Waals surface area contributed by atoms with E-state index in [1.807, 2.05) is 11.6 Å². The first-order chi connectivity index (χ1) is 6.86. The van der Waals surface area contributed by atoms with E-state index in [4.69, 9.17) is 5.11 Å². The molecule has 0 bridgehead atoms. The first-order valence-electron chi connectivity index (χ1n) is 5.15. The molecule has 0 aliphatic rings. The zero-order valence-corrected chi connectivity index (χ0v) is 9.90. The van der Waals surface area contributed by atoms with Gasteiger partial charge in [-0.25, -0.2) is 4.79 Å². The Morgan fingerprint density at radius 3 is 2.20 bits per heavy atom. The number of hydrogen-bond donors (Lipinski definition) is 1. The number of aryl methyl sites for hydroxylation is 1. The van der Waals surface area contributed by atoms with Crippen molar-refractivity contribution in [1.29, 1.82) is 0 Å². The summed E-state index contributed by atoms with van der Waals surface area (Å²) in [5, 5.41) is 13.3. The fourth-order valence-corrected chi connectivity index (χ4v) is 1.65. The monoisotopic (exact) mass is 210 g/mol. The first kappa shape index (κ1) is 11.8. The number of aromatic carboxylic acids is 1. The van der Waals surface area contributed by atoms with Crippen molar-refractivity contribution >= 4 is 5.97 Å². The summed E-state index contributed by atoms with van der Waals surface area (Å²) in [5.74, 6) is -0.461. The van der Waals surface area contributed by atoms with Gasteiger partial charge in [-0.3, -0.25) is 4.68 Å². The van der Waals surface area contributed by atoms with Crippen LogP contribution in [-0.4, -0.2) is 20.9 Å². The Labute approximate surface area is 89.9 Å². The summed E-state index contributed by atoms with van der Waals surface area (Å²) in [6.07, 6.45) is 0. The molecule has 1 atom stereocenters. The lowest BCUT2D eigenvalue weighted by atomic mass is 10.1. The highest BCUT2D eigenvalue weighted by Gasteiger charge is 2.21. The molecule has 0 saturated heterocycles. The van der Waals surface area contributed by atoms with E-state index in [2.05, 4.69) is 25.9 Å². The zero-order valence-electron chi connectivity index (χ0n) is 9.90. The van der Waals surface area contributed by atoms with Crippen LogP contribution in [0.15, 0.2) is 0 Å². The molecule has 0 saturated carbocycles. The molecule has 1 unspecified atom stereocenters. The van der Waals surface area contributed by atoms with Crippen LogP contribution >= 0.6 is 0 Å². The quantitative estimate of drug-likeness (QED) is 0.833. The normalized spacial score (nSPS) is 13.2. The van der Waals surface area contributed by atoms with E-state index >= 15 is 0 Å². The summed E-state index contributed by atoms with van der Waals surface area (Å²) in [6, 6.07) is 0.219. The van der Waals surface area contributed by atoms with Gasteiger partial charge in [0.1, 0.15) is 5.56 Å². The van der Waals surface area contributed by atoms with E-state index in [9.17, 15) is 4.79 Å². The van der Waals surface area contributed by atoms with Crippen molar-refractivity contribution in [2.75, 3.05) is 0 Å². The molecule has 0 amide bonds. The van der Waals surface area contributed by atoms with Crippen molar-refractivity contribution in [3.05, 3.63) is 17.0 Å². The number of rotatable bonds is 3. The molecule has 1 rings (SSSR count). The molecule has 0 aliphatic carbocycles. The largest absolute Gasteiger partial charge is 0.478 e. The molecule has 1 aromatic rings. The van der Waals surface area contributed by atoms with Gasteiger partial charge in [-0.2, -0.15) is 5.10 Å². The van der Waals surface area contributed by atoms with Crippen LogP contribution in [0.5, 0.6) is 0 Å². The highest BCUT2D eigenvalue weighted by atomic mass is 16.4. The van der Waals surface area contributed by atoms with Crippen LogP contribution < -0.4 is 0 Å². The summed E-state index contributed by atoms with van der Waals surface area (Å²) >= 11 is 0. The van der Waals surface area contributed by atoms with Gasteiger partial charge in [-0.05, 0) is 26.7 Å². The number of carbonyl (C=O) groups is 1. The third-order valence-electron chi connectivity index (χ3n) is 2.89. The molecule has 84 valence electrons. The first-order valence-corrected chi connectivity index (χ1v) is 5.15. The number of nitrogens with zero attached hydrogens (tertiary/aromatic N) is 2. The van der Waals surface area contributed by atoms with Crippen molar-refractivity contribution in [3.63, 3.8) is 0 Å². The fraction of sp³-hybridized carbons (Fsp3) is 0.636. The molecule has 0 fully saturated rings. The van der Waals surface area contributed by atoms with Gasteiger partial charge in [0.2, 0.25) is 0 Å². The van der Waals surface area contributed by atoms with Gasteiger partial charge in [0.05, 0.1) is 17.4 Å². The average molecular weight is 210 g/mol. The second-order valence-electron chi connectivity index (χ2n) is 4.28. The Bertz CT molecular complexity index is 380. The minimum atomic E-state index is -0.896. The van der Waals surface area contributed by atoms with E-state index < -0.39 is 5.97 Å². The highest BCUT2D eigenvalue weighted by Crippen LogP contribution is 2.22. The molecule has 1 N–H and O–H groups in total. The van der Waals surface area contributed by atoms with Gasteiger partial charge in [0, 0.05) is 0 Å². The van der Waals surface area contributed by atoms with Crippen molar-refractivity contribution < 1.29 is 9.90 Å². The summed E-state index contributed by atoms with van der Waals surface area (Å²) in [7, 11) is 0. The summed E-state index contributed by atoms with van der Waals surface area (Å²) in [5.41, 5.74) is 1.66. The van der Waals surface area contributed by atoms with Gasteiger partial charge in [0.15, 0.2) is 0 Å². The number of carboxylic acids is 1. The van der Waals surface area contributed by atoms with Crippen molar-refractivity contribution in [1.82, 2.24) is 9.78 Å². The van der Waals surface area contributed by atoms with E-state index in [-0.39, 0.29) is 6.04 Å². The smallest absolute Gasteiger partial charge is 0.339 e. The van der Waals surface area contributed by atoms with E-state index in [0.717, 1.165) is 5.69 Å². The Balaban J connectivity index is 3.23. The molecule has 0 radical (unpaired) electrons. The zero-order chi connectivity index (χ0) is 11.7. The SMILES string of the molecule is Cc1nn(C(C)C(C)C)c(C)c1C(=O)O. The third-order valence-corrected chi connectivity index (χ3v) is 2.89. The molecule has 0 aliphatic heterocycles. The second kappa shape index (κ2) is 4.04. The van der Waals surface area contributed by atoms with E-state index in [1.54, 1.807) is 6.92 Å². The van der Waals surface area contributed by atoms with Gasteiger partial charge in [0.25, 0.3) is 0 Å². The van der Waals surface area contributed by atoms with Crippen LogP contribution in [0.25, 0.3) is 0 Å². The maximum absolute atomic E-state index is 11.0. The van der Waals surface area contributed by atoms with Crippen LogP contribution in [-0.2, 0) is 0 Å². The molecule has 4 heteroatoms. The van der Waals surface area contributed by atoms with Gasteiger partial charge >= 0.3 is 5.97 Å². The van der Waals surface area contributed by atoms with E-state index in [1.165, 1.54) is 0 Å². The lowest BCUT2D eigenvalue weighted by Gasteiger charge is -2.17.